The summed E-state index contributed by atoms with van der Waals surface area (Å²) in [5, 5.41) is 17.8. The second kappa shape index (κ2) is 7.95. The zero-order valence-corrected chi connectivity index (χ0v) is 11.1. The van der Waals surface area contributed by atoms with E-state index in [1.54, 1.807) is 14.2 Å². The largest absolute Gasteiger partial charge is 0.496 e. The van der Waals surface area contributed by atoms with Crippen molar-refractivity contribution in [3.8, 4) is 11.5 Å². The van der Waals surface area contributed by atoms with Crippen LogP contribution in [0.2, 0.25) is 0 Å². The highest BCUT2D eigenvalue weighted by Gasteiger charge is 2.10. The molecule has 4 nitrogen and oxygen atoms in total. The first-order valence-electron chi connectivity index (χ1n) is 6.22. The van der Waals surface area contributed by atoms with Crippen molar-refractivity contribution < 1.29 is 19.7 Å². The Labute approximate surface area is 108 Å². The van der Waals surface area contributed by atoms with Gasteiger partial charge in [0.15, 0.2) is 0 Å². The van der Waals surface area contributed by atoms with Gasteiger partial charge in [-0.1, -0.05) is 0 Å². The van der Waals surface area contributed by atoms with Crippen molar-refractivity contribution in [3.63, 3.8) is 0 Å². The summed E-state index contributed by atoms with van der Waals surface area (Å²) in [5.74, 6) is 1.63. The highest BCUT2D eigenvalue weighted by atomic mass is 16.5. The number of benzene rings is 1. The van der Waals surface area contributed by atoms with E-state index in [0.717, 1.165) is 35.5 Å². The predicted octanol–water partition coefficient (Wildman–Crippen LogP) is 1.55. The first-order valence-corrected chi connectivity index (χ1v) is 6.22. The van der Waals surface area contributed by atoms with Gasteiger partial charge >= 0.3 is 0 Å². The maximum atomic E-state index is 8.89. The Morgan fingerprint density at radius 1 is 0.833 bits per heavy atom. The second-order valence-corrected chi connectivity index (χ2v) is 4.13. The number of hydrogen-bond acceptors (Lipinski definition) is 4. The molecule has 1 aromatic rings. The standard InChI is InChI=1S/C14H22O4/c1-17-13-9-12(6-4-8-16)14(18-2)10-11(13)5-3-7-15/h9-10,15-16H,3-8H2,1-2H3. The third-order valence-corrected chi connectivity index (χ3v) is 2.89. The molecule has 0 amide bonds. The molecule has 0 atom stereocenters. The predicted molar refractivity (Wildman–Crippen MR) is 70.4 cm³/mol. The Balaban J connectivity index is 2.98. The van der Waals surface area contributed by atoms with Gasteiger partial charge in [0.2, 0.25) is 0 Å². The minimum absolute atomic E-state index is 0.164. The summed E-state index contributed by atoms with van der Waals surface area (Å²) < 4.78 is 10.7. The first-order chi connectivity index (χ1) is 8.76. The molecule has 0 bridgehead atoms. The molecule has 0 saturated carbocycles. The van der Waals surface area contributed by atoms with Gasteiger partial charge in [0, 0.05) is 13.2 Å². The first kappa shape index (κ1) is 14.8. The number of aliphatic hydroxyl groups excluding tert-OH is 2. The Morgan fingerprint density at radius 3 is 1.50 bits per heavy atom. The summed E-state index contributed by atoms with van der Waals surface area (Å²) in [4.78, 5) is 0. The van der Waals surface area contributed by atoms with Gasteiger partial charge in [-0.15, -0.1) is 0 Å². The molecular formula is C14H22O4. The Morgan fingerprint density at radius 2 is 1.22 bits per heavy atom. The highest BCUT2D eigenvalue weighted by molar-refractivity contribution is 5.46. The highest BCUT2D eigenvalue weighted by Crippen LogP contribution is 2.30. The van der Waals surface area contributed by atoms with Crippen molar-refractivity contribution in [2.75, 3.05) is 27.4 Å². The minimum atomic E-state index is 0.164. The molecule has 0 unspecified atom stereocenters. The van der Waals surface area contributed by atoms with E-state index in [-0.39, 0.29) is 13.2 Å². The number of aliphatic hydroxyl groups is 2. The van der Waals surface area contributed by atoms with Crippen molar-refractivity contribution in [1.29, 1.82) is 0 Å². The minimum Gasteiger partial charge on any atom is -0.496 e. The molecule has 102 valence electrons. The summed E-state index contributed by atoms with van der Waals surface area (Å²) in [5.41, 5.74) is 2.08. The van der Waals surface area contributed by atoms with E-state index in [1.807, 2.05) is 12.1 Å². The van der Waals surface area contributed by atoms with Gasteiger partial charge in [-0.25, -0.2) is 0 Å². The number of ether oxygens (including phenoxy) is 2. The Hall–Kier alpha value is -1.26. The van der Waals surface area contributed by atoms with E-state index in [4.69, 9.17) is 19.7 Å². The van der Waals surface area contributed by atoms with Crippen LogP contribution in [-0.2, 0) is 12.8 Å². The summed E-state index contributed by atoms with van der Waals surface area (Å²) >= 11 is 0. The molecule has 0 saturated heterocycles. The molecule has 0 radical (unpaired) electrons. The molecule has 0 fully saturated rings. The lowest BCUT2D eigenvalue weighted by molar-refractivity contribution is 0.286. The van der Waals surface area contributed by atoms with Crippen molar-refractivity contribution in [2.45, 2.75) is 25.7 Å². The maximum absolute atomic E-state index is 8.89. The third-order valence-electron chi connectivity index (χ3n) is 2.89. The topological polar surface area (TPSA) is 58.9 Å². The van der Waals surface area contributed by atoms with Crippen LogP contribution in [0, 0.1) is 0 Å². The van der Waals surface area contributed by atoms with Crippen LogP contribution in [-0.4, -0.2) is 37.6 Å². The van der Waals surface area contributed by atoms with Crippen molar-refractivity contribution in [1.82, 2.24) is 0 Å². The summed E-state index contributed by atoms with van der Waals surface area (Å²) in [6.07, 6.45) is 2.93. The van der Waals surface area contributed by atoms with E-state index in [9.17, 15) is 0 Å². The fourth-order valence-electron chi connectivity index (χ4n) is 1.95. The normalized spacial score (nSPS) is 10.4. The molecular weight excluding hydrogens is 232 g/mol. The number of methoxy groups -OCH3 is 2. The van der Waals surface area contributed by atoms with Gasteiger partial charge in [-0.3, -0.25) is 0 Å². The quantitative estimate of drug-likeness (QED) is 0.739. The van der Waals surface area contributed by atoms with Crippen LogP contribution in [0.5, 0.6) is 11.5 Å². The second-order valence-electron chi connectivity index (χ2n) is 4.13. The Kier molecular flexibility index (Phi) is 6.54. The molecule has 0 aliphatic carbocycles. The smallest absolute Gasteiger partial charge is 0.122 e. The molecule has 0 aliphatic heterocycles. The molecule has 18 heavy (non-hydrogen) atoms. The molecule has 0 heterocycles. The van der Waals surface area contributed by atoms with Gasteiger partial charge in [0.05, 0.1) is 14.2 Å². The van der Waals surface area contributed by atoms with Gasteiger partial charge in [-0.05, 0) is 48.9 Å². The van der Waals surface area contributed by atoms with Crippen LogP contribution in [0.4, 0.5) is 0 Å². The van der Waals surface area contributed by atoms with Gasteiger partial charge in [0.1, 0.15) is 11.5 Å². The van der Waals surface area contributed by atoms with Crippen LogP contribution in [0.25, 0.3) is 0 Å². The molecule has 0 aromatic heterocycles. The average Bonchev–Trinajstić information content (AvgIpc) is 2.42. The zero-order valence-electron chi connectivity index (χ0n) is 11.1. The van der Waals surface area contributed by atoms with Gasteiger partial charge < -0.3 is 19.7 Å². The summed E-state index contributed by atoms with van der Waals surface area (Å²) in [6, 6.07) is 3.92. The molecule has 1 aromatic carbocycles. The van der Waals surface area contributed by atoms with Crippen LogP contribution in [0.1, 0.15) is 24.0 Å². The average molecular weight is 254 g/mol. The number of hydrogen-bond donors (Lipinski definition) is 2. The van der Waals surface area contributed by atoms with Crippen molar-refractivity contribution in [3.05, 3.63) is 23.3 Å². The van der Waals surface area contributed by atoms with Gasteiger partial charge in [-0.2, -0.15) is 0 Å². The van der Waals surface area contributed by atoms with Crippen LogP contribution < -0.4 is 9.47 Å². The molecule has 4 heteroatoms. The monoisotopic (exact) mass is 254 g/mol. The van der Waals surface area contributed by atoms with Crippen molar-refractivity contribution >= 4 is 0 Å². The lowest BCUT2D eigenvalue weighted by Gasteiger charge is -2.14. The van der Waals surface area contributed by atoms with Crippen LogP contribution in [0.15, 0.2) is 12.1 Å². The van der Waals surface area contributed by atoms with Crippen LogP contribution >= 0.6 is 0 Å². The Bertz CT molecular complexity index is 327. The van der Waals surface area contributed by atoms with E-state index in [2.05, 4.69) is 0 Å². The summed E-state index contributed by atoms with van der Waals surface area (Å²) in [7, 11) is 3.28. The van der Waals surface area contributed by atoms with Crippen molar-refractivity contribution in [2.24, 2.45) is 0 Å². The van der Waals surface area contributed by atoms with E-state index < -0.39 is 0 Å². The lowest BCUT2D eigenvalue weighted by atomic mass is 10.0. The van der Waals surface area contributed by atoms with Crippen LogP contribution in [0.3, 0.4) is 0 Å². The van der Waals surface area contributed by atoms with E-state index in [1.165, 1.54) is 0 Å². The molecule has 1 rings (SSSR count). The molecule has 0 aliphatic rings. The van der Waals surface area contributed by atoms with Gasteiger partial charge in [0.25, 0.3) is 0 Å². The third kappa shape index (κ3) is 3.89. The fourth-order valence-corrected chi connectivity index (χ4v) is 1.95. The zero-order chi connectivity index (χ0) is 13.4. The van der Waals surface area contributed by atoms with E-state index >= 15 is 0 Å². The molecule has 2 N–H and O–H groups in total. The lowest BCUT2D eigenvalue weighted by Crippen LogP contribution is -2.00. The number of rotatable bonds is 8. The molecule has 0 spiro atoms. The summed E-state index contributed by atoms with van der Waals surface area (Å²) in [6.45, 7) is 0.329. The van der Waals surface area contributed by atoms with E-state index in [0.29, 0.717) is 12.8 Å². The maximum Gasteiger partial charge on any atom is 0.122 e. The fraction of sp³-hybridized carbons (Fsp3) is 0.571. The number of aryl methyl sites for hydroxylation is 2. The SMILES string of the molecule is COc1cc(CCCO)c(OC)cc1CCCO.